The zero-order valence-electron chi connectivity index (χ0n) is 8.26. The quantitative estimate of drug-likeness (QED) is 0.701. The number of carboxylic acid groups (broad SMARTS) is 1. The van der Waals surface area contributed by atoms with Crippen LogP contribution in [0.25, 0.3) is 0 Å². The van der Waals surface area contributed by atoms with Gasteiger partial charge in [0.1, 0.15) is 11.6 Å². The van der Waals surface area contributed by atoms with Gasteiger partial charge in [-0.2, -0.15) is 0 Å². The molecule has 0 aromatic carbocycles. The number of aliphatic carboxylic acids is 1. The Morgan fingerprint density at radius 3 is 3.00 bits per heavy atom. The maximum Gasteiger partial charge on any atom is 0.307 e. The highest BCUT2D eigenvalue weighted by atomic mass is 16.4. The highest BCUT2D eigenvalue weighted by molar-refractivity contribution is 5.70. The molecule has 0 fully saturated rings. The van der Waals surface area contributed by atoms with E-state index in [1.165, 1.54) is 0 Å². The third kappa shape index (κ3) is 1.85. The second-order valence-corrected chi connectivity index (χ2v) is 3.69. The Hall–Kier alpha value is -1.43. The standard InChI is InChI=1S/C9H13N3O3/c13-4-2-7-10-11-8-5-6(9(14)15)1-3-12(7)8/h6,13H,1-5H2,(H,14,15). The van der Waals surface area contributed by atoms with Crippen molar-refractivity contribution in [1.29, 1.82) is 0 Å². The summed E-state index contributed by atoms with van der Waals surface area (Å²) in [6, 6.07) is 0. The van der Waals surface area contributed by atoms with Crippen molar-refractivity contribution in [3.05, 3.63) is 11.6 Å². The fraction of sp³-hybridized carbons (Fsp3) is 0.667. The Balaban J connectivity index is 2.18. The highest BCUT2D eigenvalue weighted by Gasteiger charge is 2.27. The predicted molar refractivity (Wildman–Crippen MR) is 50.3 cm³/mol. The first-order chi connectivity index (χ1) is 7.22. The number of aliphatic hydroxyl groups is 1. The van der Waals surface area contributed by atoms with Crippen LogP contribution in [0.1, 0.15) is 18.1 Å². The van der Waals surface area contributed by atoms with Gasteiger partial charge in [0.15, 0.2) is 0 Å². The molecule has 1 aromatic heterocycles. The van der Waals surface area contributed by atoms with Crippen LogP contribution in [0.2, 0.25) is 0 Å². The third-order valence-electron chi connectivity index (χ3n) is 2.72. The maximum atomic E-state index is 10.8. The van der Waals surface area contributed by atoms with Crippen LogP contribution >= 0.6 is 0 Å². The minimum atomic E-state index is -0.770. The summed E-state index contributed by atoms with van der Waals surface area (Å²) in [5, 5.41) is 25.6. The highest BCUT2D eigenvalue weighted by Crippen LogP contribution is 2.20. The second kappa shape index (κ2) is 3.98. The molecule has 1 unspecified atom stereocenters. The lowest BCUT2D eigenvalue weighted by atomic mass is 9.98. The number of nitrogens with zero attached hydrogens (tertiary/aromatic N) is 3. The first kappa shape index (κ1) is 10.1. The minimum Gasteiger partial charge on any atom is -0.481 e. The lowest BCUT2D eigenvalue weighted by Gasteiger charge is -2.20. The fourth-order valence-corrected chi connectivity index (χ4v) is 1.88. The van der Waals surface area contributed by atoms with Gasteiger partial charge in [0.05, 0.1) is 12.5 Å². The Morgan fingerprint density at radius 2 is 2.33 bits per heavy atom. The molecule has 0 aliphatic carbocycles. The van der Waals surface area contributed by atoms with Gasteiger partial charge in [0.2, 0.25) is 0 Å². The van der Waals surface area contributed by atoms with Crippen molar-refractivity contribution >= 4 is 5.97 Å². The topological polar surface area (TPSA) is 88.2 Å². The molecule has 0 saturated carbocycles. The smallest absolute Gasteiger partial charge is 0.307 e. The SMILES string of the molecule is O=C(O)C1CCn2c(CCO)nnc2C1. The third-order valence-corrected chi connectivity index (χ3v) is 2.72. The van der Waals surface area contributed by atoms with Gasteiger partial charge in [-0.05, 0) is 6.42 Å². The molecule has 1 atom stereocenters. The lowest BCUT2D eigenvalue weighted by Crippen LogP contribution is -2.26. The molecule has 0 bridgehead atoms. The summed E-state index contributed by atoms with van der Waals surface area (Å²) < 4.78 is 1.91. The van der Waals surface area contributed by atoms with Crippen molar-refractivity contribution in [1.82, 2.24) is 14.8 Å². The summed E-state index contributed by atoms with van der Waals surface area (Å²) >= 11 is 0. The molecule has 2 N–H and O–H groups in total. The van der Waals surface area contributed by atoms with Crippen molar-refractivity contribution in [2.45, 2.75) is 25.8 Å². The van der Waals surface area contributed by atoms with E-state index < -0.39 is 5.97 Å². The number of fused-ring (bicyclic) bond motifs is 1. The van der Waals surface area contributed by atoms with Gasteiger partial charge in [-0.25, -0.2) is 0 Å². The van der Waals surface area contributed by atoms with Crippen LogP contribution in [0.5, 0.6) is 0 Å². The van der Waals surface area contributed by atoms with Crippen LogP contribution in [0, 0.1) is 5.92 Å². The molecule has 2 heterocycles. The molecule has 6 heteroatoms. The molecular weight excluding hydrogens is 198 g/mol. The van der Waals surface area contributed by atoms with Crippen LogP contribution in [0.3, 0.4) is 0 Å². The number of hydrogen-bond donors (Lipinski definition) is 2. The van der Waals surface area contributed by atoms with Crippen molar-refractivity contribution < 1.29 is 15.0 Å². The molecule has 0 saturated heterocycles. The normalized spacial score (nSPS) is 19.9. The Kier molecular flexibility index (Phi) is 2.68. The minimum absolute atomic E-state index is 0.0422. The number of carboxylic acids is 1. The van der Waals surface area contributed by atoms with Gasteiger partial charge in [-0.3, -0.25) is 4.79 Å². The largest absolute Gasteiger partial charge is 0.481 e. The van der Waals surface area contributed by atoms with Crippen molar-refractivity contribution in [3.63, 3.8) is 0 Å². The average molecular weight is 211 g/mol. The van der Waals surface area contributed by atoms with Crippen molar-refractivity contribution in [3.8, 4) is 0 Å². The second-order valence-electron chi connectivity index (χ2n) is 3.69. The molecule has 0 radical (unpaired) electrons. The van der Waals surface area contributed by atoms with Crippen LogP contribution in [-0.2, 0) is 24.2 Å². The van der Waals surface area contributed by atoms with Gasteiger partial charge >= 0.3 is 5.97 Å². The van der Waals surface area contributed by atoms with E-state index in [1.807, 2.05) is 4.57 Å². The zero-order chi connectivity index (χ0) is 10.8. The maximum absolute atomic E-state index is 10.8. The van der Waals surface area contributed by atoms with Crippen LogP contribution in [0.15, 0.2) is 0 Å². The monoisotopic (exact) mass is 211 g/mol. The molecule has 1 aromatic rings. The average Bonchev–Trinajstić information content (AvgIpc) is 2.61. The number of carbonyl (C=O) groups is 1. The first-order valence-electron chi connectivity index (χ1n) is 4.97. The van der Waals surface area contributed by atoms with E-state index in [9.17, 15) is 4.79 Å². The summed E-state index contributed by atoms with van der Waals surface area (Å²) in [4.78, 5) is 10.8. The fourth-order valence-electron chi connectivity index (χ4n) is 1.88. The summed E-state index contributed by atoms with van der Waals surface area (Å²) in [5.74, 6) is 0.352. The van der Waals surface area contributed by atoms with Gasteiger partial charge in [0.25, 0.3) is 0 Å². The summed E-state index contributed by atoms with van der Waals surface area (Å²) in [5.41, 5.74) is 0. The number of aromatic nitrogens is 3. The molecule has 0 amide bonds. The van der Waals surface area contributed by atoms with Crippen LogP contribution < -0.4 is 0 Å². The summed E-state index contributed by atoms with van der Waals surface area (Å²) in [6.45, 7) is 0.676. The predicted octanol–water partition coefficient (Wildman–Crippen LogP) is -0.540. The van der Waals surface area contributed by atoms with Gasteiger partial charge in [-0.15, -0.1) is 10.2 Å². The number of aliphatic hydroxyl groups excluding tert-OH is 1. The van der Waals surface area contributed by atoms with E-state index in [1.54, 1.807) is 0 Å². The van der Waals surface area contributed by atoms with Crippen molar-refractivity contribution in [2.24, 2.45) is 5.92 Å². The molecule has 0 spiro atoms. The van der Waals surface area contributed by atoms with Gasteiger partial charge in [0, 0.05) is 19.4 Å². The first-order valence-corrected chi connectivity index (χ1v) is 4.97. The molecular formula is C9H13N3O3. The van der Waals surface area contributed by atoms with Gasteiger partial charge in [-0.1, -0.05) is 0 Å². The Labute approximate surface area is 86.6 Å². The summed E-state index contributed by atoms with van der Waals surface area (Å²) in [6.07, 6.45) is 1.53. The summed E-state index contributed by atoms with van der Waals surface area (Å²) in [7, 11) is 0. The number of rotatable bonds is 3. The zero-order valence-corrected chi connectivity index (χ0v) is 8.26. The van der Waals surface area contributed by atoms with Gasteiger partial charge < -0.3 is 14.8 Å². The molecule has 6 nitrogen and oxygen atoms in total. The van der Waals surface area contributed by atoms with E-state index in [4.69, 9.17) is 10.2 Å². The Bertz CT molecular complexity index is 375. The van der Waals surface area contributed by atoms with E-state index in [-0.39, 0.29) is 12.5 Å². The number of hydrogen-bond acceptors (Lipinski definition) is 4. The van der Waals surface area contributed by atoms with Crippen molar-refractivity contribution in [2.75, 3.05) is 6.61 Å². The molecule has 1 aliphatic heterocycles. The molecule has 82 valence electrons. The van der Waals surface area contributed by atoms with E-state index in [2.05, 4.69) is 10.2 Å². The van der Waals surface area contributed by atoms with E-state index >= 15 is 0 Å². The van der Waals surface area contributed by atoms with Crippen LogP contribution in [-0.4, -0.2) is 37.6 Å². The lowest BCUT2D eigenvalue weighted by molar-refractivity contribution is -0.142. The molecule has 15 heavy (non-hydrogen) atoms. The van der Waals surface area contributed by atoms with E-state index in [0.717, 1.165) is 11.6 Å². The van der Waals surface area contributed by atoms with Crippen LogP contribution in [0.4, 0.5) is 0 Å². The molecule has 1 aliphatic rings. The Morgan fingerprint density at radius 1 is 1.53 bits per heavy atom. The molecule has 2 rings (SSSR count). The van der Waals surface area contributed by atoms with E-state index in [0.29, 0.717) is 25.8 Å².